The van der Waals surface area contributed by atoms with Gasteiger partial charge < -0.3 is 24.7 Å². The van der Waals surface area contributed by atoms with Crippen molar-refractivity contribution in [3.05, 3.63) is 24.0 Å². The summed E-state index contributed by atoms with van der Waals surface area (Å²) in [4.78, 5) is 12.2. The second kappa shape index (κ2) is 8.81. The van der Waals surface area contributed by atoms with Gasteiger partial charge in [0.2, 0.25) is 0 Å². The summed E-state index contributed by atoms with van der Waals surface area (Å²) >= 11 is 0. The molecule has 1 aromatic rings. The highest BCUT2D eigenvalue weighted by Gasteiger charge is 2.19. The zero-order valence-corrected chi connectivity index (χ0v) is 12.6. The zero-order valence-electron chi connectivity index (χ0n) is 12.6. The molecule has 1 saturated heterocycles. The van der Waals surface area contributed by atoms with Crippen molar-refractivity contribution in [3.63, 3.8) is 0 Å². The van der Waals surface area contributed by atoms with E-state index in [1.54, 1.807) is 7.11 Å². The lowest BCUT2D eigenvalue weighted by Gasteiger charge is -2.25. The lowest BCUT2D eigenvalue weighted by atomic mass is 10.1. The van der Waals surface area contributed by atoms with Crippen LogP contribution in [-0.2, 0) is 9.47 Å². The van der Waals surface area contributed by atoms with Crippen LogP contribution in [0.2, 0.25) is 0 Å². The molecule has 1 aliphatic rings. The maximum absolute atomic E-state index is 12.2. The molecule has 1 fully saturated rings. The van der Waals surface area contributed by atoms with E-state index < -0.39 is 0 Å². The number of nitrogens with one attached hydrogen (secondary N) is 2. The van der Waals surface area contributed by atoms with E-state index in [-0.39, 0.29) is 5.91 Å². The Kier molecular flexibility index (Phi) is 6.72. The van der Waals surface area contributed by atoms with Gasteiger partial charge in [-0.05, 0) is 38.1 Å². The lowest BCUT2D eigenvalue weighted by Crippen LogP contribution is -2.33. The summed E-state index contributed by atoms with van der Waals surface area (Å²) in [6, 6.07) is 4.23. The molecular weight excluding hydrogens is 270 g/mol. The third kappa shape index (κ3) is 4.84. The van der Waals surface area contributed by atoms with Crippen LogP contribution in [0.5, 0.6) is 0 Å². The molecule has 2 rings (SSSR count). The van der Waals surface area contributed by atoms with Crippen LogP contribution in [-0.4, -0.2) is 57.0 Å². The van der Waals surface area contributed by atoms with Crippen LogP contribution in [0.1, 0.15) is 29.4 Å². The summed E-state index contributed by atoms with van der Waals surface area (Å²) in [7, 11) is 1.64. The number of carbonyl (C=O) groups is 1. The van der Waals surface area contributed by atoms with Crippen molar-refractivity contribution < 1.29 is 14.3 Å². The number of ether oxygens (including phenoxy) is 2. The number of rotatable bonds is 8. The molecule has 1 aliphatic heterocycles. The maximum atomic E-state index is 12.2. The quantitative estimate of drug-likeness (QED) is 0.697. The molecule has 2 N–H and O–H groups in total. The fourth-order valence-electron chi connectivity index (χ4n) is 2.56. The Hall–Kier alpha value is -1.37. The molecule has 6 heteroatoms. The Morgan fingerprint density at radius 3 is 2.95 bits per heavy atom. The van der Waals surface area contributed by atoms with Gasteiger partial charge in [-0.1, -0.05) is 0 Å². The molecule has 21 heavy (non-hydrogen) atoms. The molecule has 0 radical (unpaired) electrons. The van der Waals surface area contributed by atoms with Crippen LogP contribution in [0.15, 0.2) is 18.3 Å². The van der Waals surface area contributed by atoms with Crippen LogP contribution in [0.3, 0.4) is 0 Å². The average molecular weight is 295 g/mol. The first-order valence-electron chi connectivity index (χ1n) is 7.55. The van der Waals surface area contributed by atoms with Crippen molar-refractivity contribution in [3.8, 4) is 0 Å². The Morgan fingerprint density at radius 2 is 2.19 bits per heavy atom. The van der Waals surface area contributed by atoms with E-state index >= 15 is 0 Å². The Morgan fingerprint density at radius 1 is 1.38 bits per heavy atom. The first-order valence-corrected chi connectivity index (χ1v) is 7.55. The fraction of sp³-hybridized carbons (Fsp3) is 0.667. The van der Waals surface area contributed by atoms with Crippen LogP contribution >= 0.6 is 0 Å². The molecule has 1 aromatic heterocycles. The maximum Gasteiger partial charge on any atom is 0.267 e. The molecular formula is C15H25N3O3. The summed E-state index contributed by atoms with van der Waals surface area (Å²) < 4.78 is 12.3. The van der Waals surface area contributed by atoms with E-state index in [1.165, 1.54) is 0 Å². The second-order valence-corrected chi connectivity index (χ2v) is 5.14. The Bertz CT molecular complexity index is 428. The fourth-order valence-corrected chi connectivity index (χ4v) is 2.56. The summed E-state index contributed by atoms with van der Waals surface area (Å²) in [5.74, 6) is -0.0334. The number of methoxy groups -OCH3 is 1. The van der Waals surface area contributed by atoms with Gasteiger partial charge in [-0.2, -0.15) is 0 Å². The highest BCUT2D eigenvalue weighted by atomic mass is 16.5. The number of hydrogen-bond acceptors (Lipinski definition) is 4. The van der Waals surface area contributed by atoms with Crippen LogP contribution < -0.4 is 10.6 Å². The van der Waals surface area contributed by atoms with Crippen molar-refractivity contribution in [1.82, 2.24) is 15.2 Å². The van der Waals surface area contributed by atoms with Gasteiger partial charge >= 0.3 is 0 Å². The van der Waals surface area contributed by atoms with Crippen molar-refractivity contribution in [2.45, 2.75) is 18.9 Å². The minimum absolute atomic E-state index is 0.0334. The first kappa shape index (κ1) is 16.0. The standard InChI is InChI=1S/C15H25N3O3/c1-20-11-12-21-10-8-17-15(19)14-3-2-9-18(14)13-4-6-16-7-5-13/h2-3,9,13,16H,4-8,10-12H2,1H3,(H,17,19). The monoisotopic (exact) mass is 295 g/mol. The third-order valence-electron chi connectivity index (χ3n) is 3.68. The van der Waals surface area contributed by atoms with E-state index in [0.29, 0.717) is 32.4 Å². The predicted octanol–water partition coefficient (Wildman–Crippen LogP) is 0.805. The molecule has 0 saturated carbocycles. The van der Waals surface area contributed by atoms with Gasteiger partial charge in [0.1, 0.15) is 5.69 Å². The highest BCUT2D eigenvalue weighted by Crippen LogP contribution is 2.21. The number of amides is 1. The van der Waals surface area contributed by atoms with Gasteiger partial charge in [-0.3, -0.25) is 4.79 Å². The van der Waals surface area contributed by atoms with Gasteiger partial charge in [-0.25, -0.2) is 0 Å². The van der Waals surface area contributed by atoms with Gasteiger partial charge in [0, 0.05) is 25.9 Å². The molecule has 0 bridgehead atoms. The summed E-state index contributed by atoms with van der Waals surface area (Å²) in [6.07, 6.45) is 4.13. The minimum atomic E-state index is -0.0334. The molecule has 118 valence electrons. The number of hydrogen-bond donors (Lipinski definition) is 2. The molecule has 2 heterocycles. The third-order valence-corrected chi connectivity index (χ3v) is 3.68. The van der Waals surface area contributed by atoms with Gasteiger partial charge in [0.25, 0.3) is 5.91 Å². The van der Waals surface area contributed by atoms with Crippen LogP contribution in [0.25, 0.3) is 0 Å². The van der Waals surface area contributed by atoms with Gasteiger partial charge in [0.05, 0.1) is 19.8 Å². The molecule has 6 nitrogen and oxygen atoms in total. The summed E-state index contributed by atoms with van der Waals surface area (Å²) in [5, 5.41) is 6.24. The smallest absolute Gasteiger partial charge is 0.267 e. The number of piperidine rings is 1. The lowest BCUT2D eigenvalue weighted by molar-refractivity contribution is 0.0690. The van der Waals surface area contributed by atoms with Gasteiger partial charge in [0.15, 0.2) is 0 Å². The molecule has 1 amide bonds. The van der Waals surface area contributed by atoms with E-state index in [4.69, 9.17) is 9.47 Å². The number of aromatic nitrogens is 1. The van der Waals surface area contributed by atoms with Crippen LogP contribution in [0.4, 0.5) is 0 Å². The molecule has 0 aliphatic carbocycles. The molecule has 0 aromatic carbocycles. The molecule has 0 atom stereocenters. The Labute approximate surface area is 125 Å². The van der Waals surface area contributed by atoms with Crippen molar-refractivity contribution >= 4 is 5.91 Å². The normalized spacial score (nSPS) is 16.0. The molecule has 0 spiro atoms. The highest BCUT2D eigenvalue weighted by molar-refractivity contribution is 5.92. The summed E-state index contributed by atoms with van der Waals surface area (Å²) in [6.45, 7) is 4.17. The zero-order chi connectivity index (χ0) is 14.9. The first-order chi connectivity index (χ1) is 10.3. The second-order valence-electron chi connectivity index (χ2n) is 5.14. The number of nitrogens with zero attached hydrogens (tertiary/aromatic N) is 1. The minimum Gasteiger partial charge on any atom is -0.382 e. The van der Waals surface area contributed by atoms with E-state index in [1.807, 2.05) is 18.3 Å². The van der Waals surface area contributed by atoms with Gasteiger partial charge in [-0.15, -0.1) is 0 Å². The average Bonchev–Trinajstić information content (AvgIpc) is 3.01. The van der Waals surface area contributed by atoms with Crippen molar-refractivity contribution in [2.24, 2.45) is 0 Å². The van der Waals surface area contributed by atoms with E-state index in [9.17, 15) is 4.79 Å². The predicted molar refractivity (Wildman–Crippen MR) is 80.6 cm³/mol. The largest absolute Gasteiger partial charge is 0.382 e. The summed E-state index contributed by atoms with van der Waals surface area (Å²) in [5.41, 5.74) is 0.735. The Balaban J connectivity index is 1.78. The van der Waals surface area contributed by atoms with Crippen LogP contribution in [0, 0.1) is 0 Å². The van der Waals surface area contributed by atoms with Crippen molar-refractivity contribution in [2.75, 3.05) is 46.6 Å². The number of carbonyl (C=O) groups excluding carboxylic acids is 1. The van der Waals surface area contributed by atoms with E-state index in [2.05, 4.69) is 15.2 Å². The van der Waals surface area contributed by atoms with Crippen molar-refractivity contribution in [1.29, 1.82) is 0 Å². The topological polar surface area (TPSA) is 64.5 Å². The molecule has 0 unspecified atom stereocenters. The van der Waals surface area contributed by atoms with E-state index in [0.717, 1.165) is 31.6 Å². The SMILES string of the molecule is COCCOCCNC(=O)c1cccn1C1CCNCC1.